The van der Waals surface area contributed by atoms with Gasteiger partial charge in [-0.15, -0.1) is 0 Å². The maximum Gasteiger partial charge on any atom is 0.164 e. The minimum absolute atomic E-state index is 0.639. The lowest BCUT2D eigenvalue weighted by atomic mass is 9.99. The first-order chi connectivity index (χ1) is 55.5. The highest BCUT2D eigenvalue weighted by atomic mass is 15.0. The SMILES string of the molecule is c1ccc(-c2cc(-c3ccc(-n4c5ccccc5c5cc(-c6ccc7c(c6)c6ccccc6n7-c6ccccc6)ccc54)cc3)cc(-c3ccccc3)n2)cc1.c1ccc(-c2nc(-c3ccccc3)nc(-c3ccc(-n4c5ccccc5c5cc(-c6ccc7c(c6)c6ccccc6n7-c6ccccc6)ccc54)cc3)n2)cc1. The van der Waals surface area contributed by atoms with Gasteiger partial charge in [0.15, 0.2) is 17.5 Å². The van der Waals surface area contributed by atoms with Crippen molar-refractivity contribution in [2.75, 3.05) is 0 Å². The molecule has 6 aromatic heterocycles. The van der Waals surface area contributed by atoms with Crippen LogP contribution in [0, 0.1) is 0 Å². The Morgan fingerprint density at radius 3 is 0.661 bits per heavy atom. The number of para-hydroxylation sites is 6. The Labute approximate surface area is 646 Å². The van der Waals surface area contributed by atoms with E-state index in [2.05, 4.69) is 358 Å². The van der Waals surface area contributed by atoms with Gasteiger partial charge < -0.3 is 18.3 Å². The number of nitrogens with zero attached hydrogens (tertiary/aromatic N) is 8. The highest BCUT2D eigenvalue weighted by Gasteiger charge is 2.21. The van der Waals surface area contributed by atoms with Crippen LogP contribution in [0.5, 0.6) is 0 Å². The summed E-state index contributed by atoms with van der Waals surface area (Å²) < 4.78 is 9.48. The Morgan fingerprint density at radius 1 is 0.134 bits per heavy atom. The third-order valence-electron chi connectivity index (χ3n) is 21.9. The summed E-state index contributed by atoms with van der Waals surface area (Å²) in [6, 6.07) is 147. The van der Waals surface area contributed by atoms with E-state index in [9.17, 15) is 0 Å². The third-order valence-corrected chi connectivity index (χ3v) is 21.9. The highest BCUT2D eigenvalue weighted by molar-refractivity contribution is 6.15. The number of rotatable bonds is 12. The molecule has 22 rings (SSSR count). The smallest absolute Gasteiger partial charge is 0.164 e. The number of pyridine rings is 1. The molecule has 524 valence electrons. The summed E-state index contributed by atoms with van der Waals surface area (Å²) in [6.45, 7) is 0. The molecule has 0 N–H and O–H groups in total. The highest BCUT2D eigenvalue weighted by Crippen LogP contribution is 2.43. The second-order valence-electron chi connectivity index (χ2n) is 28.5. The molecule has 0 saturated carbocycles. The summed E-state index contributed by atoms with van der Waals surface area (Å²) in [5.41, 5.74) is 28.1. The van der Waals surface area contributed by atoms with Gasteiger partial charge in [0.25, 0.3) is 0 Å². The van der Waals surface area contributed by atoms with Crippen LogP contribution in [0.2, 0.25) is 0 Å². The van der Waals surface area contributed by atoms with Crippen LogP contribution in [-0.4, -0.2) is 38.2 Å². The summed E-state index contributed by atoms with van der Waals surface area (Å²) in [5.74, 6) is 1.94. The largest absolute Gasteiger partial charge is 0.309 e. The number of hydrogen-bond acceptors (Lipinski definition) is 4. The second kappa shape index (κ2) is 27.6. The van der Waals surface area contributed by atoms with E-state index in [0.717, 1.165) is 78.4 Å². The van der Waals surface area contributed by atoms with Crippen molar-refractivity contribution >= 4 is 87.2 Å². The monoisotopic (exact) mass is 1430 g/mol. The molecule has 16 aromatic carbocycles. The molecule has 0 aliphatic heterocycles. The fraction of sp³-hybridized carbons (Fsp3) is 0. The molecule has 0 aliphatic carbocycles. The predicted molar refractivity (Wildman–Crippen MR) is 465 cm³/mol. The van der Waals surface area contributed by atoms with E-state index in [1.54, 1.807) is 0 Å². The van der Waals surface area contributed by atoms with Gasteiger partial charge in [-0.05, 0) is 179 Å². The van der Waals surface area contributed by atoms with Crippen LogP contribution in [0.3, 0.4) is 0 Å². The summed E-state index contributed by atoms with van der Waals surface area (Å²) >= 11 is 0. The van der Waals surface area contributed by atoms with Crippen molar-refractivity contribution in [3.05, 3.63) is 413 Å². The molecule has 0 radical (unpaired) electrons. The normalized spacial score (nSPS) is 11.6. The van der Waals surface area contributed by atoms with Crippen LogP contribution in [0.4, 0.5) is 0 Å². The fourth-order valence-electron chi connectivity index (χ4n) is 16.6. The molecule has 112 heavy (non-hydrogen) atoms. The maximum atomic E-state index is 5.09. The molecule has 0 unspecified atom stereocenters. The zero-order chi connectivity index (χ0) is 74.0. The zero-order valence-corrected chi connectivity index (χ0v) is 60.8. The Balaban J connectivity index is 0.000000141. The zero-order valence-electron chi connectivity index (χ0n) is 60.8. The van der Waals surface area contributed by atoms with Crippen molar-refractivity contribution < 1.29 is 0 Å². The van der Waals surface area contributed by atoms with E-state index in [-0.39, 0.29) is 0 Å². The van der Waals surface area contributed by atoms with E-state index >= 15 is 0 Å². The number of hydrogen-bond donors (Lipinski definition) is 0. The van der Waals surface area contributed by atoms with Crippen molar-refractivity contribution in [1.82, 2.24) is 38.2 Å². The van der Waals surface area contributed by atoms with Crippen molar-refractivity contribution in [2.45, 2.75) is 0 Å². The first-order valence-electron chi connectivity index (χ1n) is 38.0. The standard InChI is InChI=1S/C53H35N3.C51H33N5/c1-4-14-37(15-5-1)48-34-41(35-49(54-48)38-16-6-2-7-17-38)36-24-28-43(29-25-36)56-51-23-13-11-21-45(51)47-33-40(27-31-53(47)56)39-26-30-52-46(32-39)44-20-10-12-22-50(44)55(52)42-18-8-3-9-19-42;1-4-14-34(15-5-1)49-52-50(35-16-6-2-7-17-35)54-51(53-49)36-24-28-40(29-25-36)56-46-23-13-11-21-42(46)44-33-38(27-31-48(44)56)37-26-30-47-43(32-37)41-20-10-12-22-45(41)55(47)39-18-8-3-9-19-39/h1-35H;1-33H. The van der Waals surface area contributed by atoms with E-state index < -0.39 is 0 Å². The van der Waals surface area contributed by atoms with Gasteiger partial charge in [0.05, 0.1) is 55.5 Å². The van der Waals surface area contributed by atoms with Crippen molar-refractivity contribution in [3.63, 3.8) is 0 Å². The molecule has 0 amide bonds. The van der Waals surface area contributed by atoms with Crippen LogP contribution in [-0.2, 0) is 0 Å². The van der Waals surface area contributed by atoms with Gasteiger partial charge in [-0.2, -0.15) is 0 Å². The van der Waals surface area contributed by atoms with Crippen molar-refractivity contribution in [1.29, 1.82) is 0 Å². The molecule has 0 bridgehead atoms. The molecule has 8 nitrogen and oxygen atoms in total. The minimum Gasteiger partial charge on any atom is -0.309 e. The van der Waals surface area contributed by atoms with E-state index in [1.165, 1.54) is 104 Å². The van der Waals surface area contributed by atoms with E-state index in [1.807, 2.05) is 72.8 Å². The topological polar surface area (TPSA) is 71.3 Å². The molecule has 0 aliphatic rings. The summed E-state index contributed by atoms with van der Waals surface area (Å²) in [4.78, 5) is 19.9. The second-order valence-corrected chi connectivity index (χ2v) is 28.5. The molecule has 0 saturated heterocycles. The Hall–Kier alpha value is -15.1. The molecular weight excluding hydrogens is 1360 g/mol. The van der Waals surface area contributed by atoms with Gasteiger partial charge in [0, 0.05) is 93.7 Å². The van der Waals surface area contributed by atoms with Gasteiger partial charge in [-0.25, -0.2) is 19.9 Å². The molecule has 8 heteroatoms. The molecule has 0 fully saturated rings. The van der Waals surface area contributed by atoms with Gasteiger partial charge in [-0.1, -0.05) is 267 Å². The first kappa shape index (κ1) is 65.2. The van der Waals surface area contributed by atoms with Crippen LogP contribution < -0.4 is 0 Å². The fourth-order valence-corrected chi connectivity index (χ4v) is 16.6. The van der Waals surface area contributed by atoms with Crippen LogP contribution >= 0.6 is 0 Å². The molecule has 0 spiro atoms. The van der Waals surface area contributed by atoms with Gasteiger partial charge in [0.2, 0.25) is 0 Å². The van der Waals surface area contributed by atoms with Gasteiger partial charge in [-0.3, -0.25) is 0 Å². The van der Waals surface area contributed by atoms with Crippen LogP contribution in [0.15, 0.2) is 413 Å². The predicted octanol–water partition coefficient (Wildman–Crippen LogP) is 26.7. The molecular formula is C104H68N8. The lowest BCUT2D eigenvalue weighted by molar-refractivity contribution is 1.07. The average Bonchev–Trinajstić information content (AvgIpc) is 1.59. The Morgan fingerprint density at radius 2 is 0.357 bits per heavy atom. The van der Waals surface area contributed by atoms with Gasteiger partial charge in [0.1, 0.15) is 0 Å². The van der Waals surface area contributed by atoms with Gasteiger partial charge >= 0.3 is 0 Å². The maximum absolute atomic E-state index is 5.09. The minimum atomic E-state index is 0.639. The first-order valence-corrected chi connectivity index (χ1v) is 38.0. The van der Waals surface area contributed by atoms with E-state index in [0.29, 0.717) is 17.5 Å². The lowest BCUT2D eigenvalue weighted by Crippen LogP contribution is -2.00. The number of fused-ring (bicyclic) bond motifs is 12. The Bertz CT molecular complexity index is 6760. The Kier molecular flexibility index (Phi) is 16.1. The lowest BCUT2D eigenvalue weighted by Gasteiger charge is -2.12. The molecule has 22 aromatic rings. The molecule has 0 atom stereocenters. The third kappa shape index (κ3) is 11.6. The average molecular weight is 1430 g/mol. The van der Waals surface area contributed by atoms with Crippen LogP contribution in [0.25, 0.3) is 200 Å². The summed E-state index contributed by atoms with van der Waals surface area (Å²) in [5, 5.41) is 9.92. The molecule has 6 heterocycles. The summed E-state index contributed by atoms with van der Waals surface area (Å²) in [6.07, 6.45) is 0. The quantitative estimate of drug-likeness (QED) is 0.122. The van der Waals surface area contributed by atoms with Crippen LogP contribution in [0.1, 0.15) is 0 Å². The summed E-state index contributed by atoms with van der Waals surface area (Å²) in [7, 11) is 0. The van der Waals surface area contributed by atoms with Crippen molar-refractivity contribution in [3.8, 4) is 113 Å². The van der Waals surface area contributed by atoms with E-state index in [4.69, 9.17) is 19.9 Å². The number of aromatic nitrogens is 8. The number of benzene rings is 16. The van der Waals surface area contributed by atoms with Crippen molar-refractivity contribution in [2.24, 2.45) is 0 Å².